The molecule has 2 N–H and O–H groups in total. The van der Waals surface area contributed by atoms with Crippen molar-refractivity contribution in [3.63, 3.8) is 0 Å². The summed E-state index contributed by atoms with van der Waals surface area (Å²) in [6, 6.07) is 3.50. The second kappa shape index (κ2) is 6.20. The lowest BCUT2D eigenvalue weighted by Crippen LogP contribution is -2.26. The summed E-state index contributed by atoms with van der Waals surface area (Å²) in [5.41, 5.74) is -0.309. The molecule has 6 heteroatoms. The summed E-state index contributed by atoms with van der Waals surface area (Å²) >= 11 is 1.33. The average Bonchev–Trinajstić information content (AvgIpc) is 2.81. The zero-order valence-corrected chi connectivity index (χ0v) is 11.0. The number of aliphatic carboxylic acids is 2. The van der Waals surface area contributed by atoms with Crippen molar-refractivity contribution in [1.29, 1.82) is 0 Å². The molecule has 0 radical (unpaired) electrons. The van der Waals surface area contributed by atoms with Gasteiger partial charge in [-0.3, -0.25) is 0 Å². The van der Waals surface area contributed by atoms with E-state index in [9.17, 15) is 9.59 Å². The fourth-order valence-corrected chi connectivity index (χ4v) is 2.49. The Bertz CT molecular complexity index is 444. The molecule has 0 aromatic carbocycles. The summed E-state index contributed by atoms with van der Waals surface area (Å²) in [4.78, 5) is 24.7. The van der Waals surface area contributed by atoms with Crippen molar-refractivity contribution in [3.05, 3.63) is 28.0 Å². The molecular weight excluding hydrogens is 254 g/mol. The maximum Gasteiger partial charge on any atom is 0.345 e. The van der Waals surface area contributed by atoms with Gasteiger partial charge in [-0.1, -0.05) is 6.07 Å². The van der Waals surface area contributed by atoms with Gasteiger partial charge < -0.3 is 15.1 Å². The van der Waals surface area contributed by atoms with Gasteiger partial charge in [-0.2, -0.15) is 0 Å². The first-order chi connectivity index (χ1) is 8.52. The summed E-state index contributed by atoms with van der Waals surface area (Å²) in [6.45, 7) is 4.82. The number of carbonyl (C=O) groups is 2. The highest BCUT2D eigenvalue weighted by Gasteiger charge is 2.26. The lowest BCUT2D eigenvalue weighted by atomic mass is 10.1. The topological polar surface area (TPSA) is 77.8 Å². The molecule has 0 aliphatic rings. The van der Waals surface area contributed by atoms with E-state index in [4.69, 9.17) is 10.2 Å². The van der Waals surface area contributed by atoms with Crippen molar-refractivity contribution in [2.45, 2.75) is 13.8 Å². The Labute approximate surface area is 109 Å². The molecule has 0 fully saturated rings. The van der Waals surface area contributed by atoms with Gasteiger partial charge >= 0.3 is 11.9 Å². The first-order valence-electron chi connectivity index (χ1n) is 5.52. The third-order valence-corrected chi connectivity index (χ3v) is 3.38. The third kappa shape index (κ3) is 2.89. The molecule has 0 unspecified atom stereocenters. The highest BCUT2D eigenvalue weighted by atomic mass is 32.1. The number of hydrogen-bond donors (Lipinski definition) is 2. The van der Waals surface area contributed by atoms with E-state index in [1.165, 1.54) is 11.3 Å². The van der Waals surface area contributed by atoms with Crippen LogP contribution in [0.1, 0.15) is 18.7 Å². The molecule has 1 heterocycles. The Morgan fingerprint density at radius 1 is 1.22 bits per heavy atom. The van der Waals surface area contributed by atoms with Crippen LogP contribution in [-0.4, -0.2) is 40.1 Å². The molecule has 0 saturated heterocycles. The molecule has 0 aliphatic heterocycles. The van der Waals surface area contributed by atoms with E-state index in [1.54, 1.807) is 22.4 Å². The molecule has 0 bridgehead atoms. The van der Waals surface area contributed by atoms with E-state index in [0.29, 0.717) is 18.0 Å². The van der Waals surface area contributed by atoms with Gasteiger partial charge in [0.15, 0.2) is 5.57 Å². The molecule has 5 nitrogen and oxygen atoms in total. The van der Waals surface area contributed by atoms with Gasteiger partial charge in [0.1, 0.15) is 0 Å². The van der Waals surface area contributed by atoms with Crippen LogP contribution >= 0.6 is 11.3 Å². The van der Waals surface area contributed by atoms with Crippen LogP contribution in [0.25, 0.3) is 5.70 Å². The molecular formula is C12H15NO4S. The lowest BCUT2D eigenvalue weighted by Gasteiger charge is -2.24. The molecule has 0 atom stereocenters. The number of nitrogens with zero attached hydrogens (tertiary/aromatic N) is 1. The Kier molecular flexibility index (Phi) is 4.91. The van der Waals surface area contributed by atoms with Crippen molar-refractivity contribution in [3.8, 4) is 0 Å². The molecule has 1 rings (SSSR count). The van der Waals surface area contributed by atoms with Crippen molar-refractivity contribution in [2.24, 2.45) is 0 Å². The zero-order chi connectivity index (χ0) is 13.7. The summed E-state index contributed by atoms with van der Waals surface area (Å²) in [7, 11) is 0. The van der Waals surface area contributed by atoms with Crippen LogP contribution in [0.4, 0.5) is 0 Å². The lowest BCUT2D eigenvalue weighted by molar-refractivity contribution is -0.140. The minimum absolute atomic E-state index is 0.273. The van der Waals surface area contributed by atoms with Crippen molar-refractivity contribution >= 4 is 29.0 Å². The summed E-state index contributed by atoms with van der Waals surface area (Å²) in [5.74, 6) is -2.84. The van der Waals surface area contributed by atoms with Crippen LogP contribution in [0, 0.1) is 0 Å². The van der Waals surface area contributed by atoms with E-state index in [0.717, 1.165) is 0 Å². The van der Waals surface area contributed by atoms with Crippen molar-refractivity contribution < 1.29 is 19.8 Å². The van der Waals surface area contributed by atoms with Crippen LogP contribution in [0.3, 0.4) is 0 Å². The van der Waals surface area contributed by atoms with Crippen LogP contribution in [0.2, 0.25) is 0 Å². The van der Waals surface area contributed by atoms with E-state index >= 15 is 0 Å². The van der Waals surface area contributed by atoms with Gasteiger partial charge in [-0.05, 0) is 25.3 Å². The van der Waals surface area contributed by atoms with E-state index in [2.05, 4.69) is 0 Å². The van der Waals surface area contributed by atoms with Crippen molar-refractivity contribution in [1.82, 2.24) is 4.90 Å². The summed E-state index contributed by atoms with van der Waals surface area (Å²) < 4.78 is 0. The highest BCUT2D eigenvalue weighted by Crippen LogP contribution is 2.27. The number of hydrogen-bond acceptors (Lipinski definition) is 4. The number of carboxylic acids is 2. The minimum atomic E-state index is -1.42. The second-order valence-corrected chi connectivity index (χ2v) is 4.43. The first kappa shape index (κ1) is 14.2. The first-order valence-corrected chi connectivity index (χ1v) is 6.40. The quantitative estimate of drug-likeness (QED) is 0.469. The largest absolute Gasteiger partial charge is 0.477 e. The predicted octanol–water partition coefficient (Wildman–Crippen LogP) is 1.97. The molecule has 1 aromatic rings. The number of thiophene rings is 1. The fraction of sp³-hybridized carbons (Fsp3) is 0.333. The zero-order valence-electron chi connectivity index (χ0n) is 10.2. The van der Waals surface area contributed by atoms with E-state index in [-0.39, 0.29) is 5.70 Å². The number of rotatable bonds is 6. The second-order valence-electron chi connectivity index (χ2n) is 3.48. The molecule has 0 saturated carbocycles. The van der Waals surface area contributed by atoms with Gasteiger partial charge in [0.2, 0.25) is 0 Å². The maximum absolute atomic E-state index is 11.2. The molecule has 0 aliphatic carbocycles. The smallest absolute Gasteiger partial charge is 0.345 e. The SMILES string of the molecule is CCN(CC)C(=C(C(=O)O)C(=O)O)c1cccs1. The van der Waals surface area contributed by atoms with Crippen molar-refractivity contribution in [2.75, 3.05) is 13.1 Å². The van der Waals surface area contributed by atoms with E-state index in [1.807, 2.05) is 13.8 Å². The van der Waals surface area contributed by atoms with Gasteiger partial charge in [-0.25, -0.2) is 9.59 Å². The van der Waals surface area contributed by atoms with Gasteiger partial charge in [0.25, 0.3) is 0 Å². The monoisotopic (exact) mass is 269 g/mol. The molecule has 0 amide bonds. The summed E-state index contributed by atoms with van der Waals surface area (Å²) in [6.07, 6.45) is 0. The van der Waals surface area contributed by atoms with E-state index < -0.39 is 17.5 Å². The van der Waals surface area contributed by atoms with Gasteiger partial charge in [0.05, 0.1) is 10.6 Å². The Morgan fingerprint density at radius 2 is 1.78 bits per heavy atom. The molecule has 98 valence electrons. The van der Waals surface area contributed by atoms with Crippen LogP contribution < -0.4 is 0 Å². The normalized spacial score (nSPS) is 9.89. The Hall–Kier alpha value is -1.82. The maximum atomic E-state index is 11.2. The van der Waals surface area contributed by atoms with Gasteiger partial charge in [-0.15, -0.1) is 11.3 Å². The third-order valence-electron chi connectivity index (χ3n) is 2.50. The van der Waals surface area contributed by atoms with Crippen LogP contribution in [-0.2, 0) is 9.59 Å². The predicted molar refractivity (Wildman–Crippen MR) is 69.4 cm³/mol. The molecule has 1 aromatic heterocycles. The minimum Gasteiger partial charge on any atom is -0.477 e. The van der Waals surface area contributed by atoms with Gasteiger partial charge in [0, 0.05) is 13.1 Å². The Balaban J connectivity index is 3.48. The standard InChI is InChI=1S/C12H15NO4S/c1-3-13(4-2)10(8-6-5-7-18-8)9(11(14)15)12(16)17/h5-7H,3-4H2,1-2H3,(H,14,15)(H,16,17). The highest BCUT2D eigenvalue weighted by molar-refractivity contribution is 7.11. The summed E-state index contributed by atoms with van der Waals surface area (Å²) in [5, 5.41) is 20.0. The number of carboxylic acid groups (broad SMARTS) is 2. The average molecular weight is 269 g/mol. The molecule has 18 heavy (non-hydrogen) atoms. The van der Waals surface area contributed by atoms with Crippen LogP contribution in [0.5, 0.6) is 0 Å². The van der Waals surface area contributed by atoms with Crippen LogP contribution in [0.15, 0.2) is 23.1 Å². The molecule has 0 spiro atoms. The Morgan fingerprint density at radius 3 is 2.11 bits per heavy atom. The fourth-order valence-electron chi connectivity index (χ4n) is 1.68.